The number of carbonyl (C=O) groups is 1. The molecule has 2 N–H and O–H groups in total. The highest BCUT2D eigenvalue weighted by Gasteiger charge is 2.22. The molecule has 1 fully saturated rings. The molecule has 1 saturated heterocycles. The van der Waals surface area contributed by atoms with E-state index in [1.165, 1.54) is 18.2 Å². The number of amides is 1. The molecule has 1 aliphatic rings. The van der Waals surface area contributed by atoms with Crippen molar-refractivity contribution >= 4 is 35.8 Å². The zero-order valence-corrected chi connectivity index (χ0v) is 20.4. The number of piperazine rings is 1. The number of hydrogen-bond acceptors (Lipinski definition) is 4. The van der Waals surface area contributed by atoms with Crippen LogP contribution in [-0.2, 0) is 11.3 Å². The van der Waals surface area contributed by atoms with Crippen LogP contribution in [0.3, 0.4) is 0 Å². The van der Waals surface area contributed by atoms with Crippen molar-refractivity contribution in [3.8, 4) is 5.75 Å². The number of guanidine groups is 1. The van der Waals surface area contributed by atoms with Crippen molar-refractivity contribution < 1.29 is 22.7 Å². The van der Waals surface area contributed by atoms with E-state index in [0.29, 0.717) is 45.2 Å². The summed E-state index contributed by atoms with van der Waals surface area (Å²) in [5.41, 5.74) is -0.0165. The zero-order valence-electron chi connectivity index (χ0n) is 18.0. The van der Waals surface area contributed by atoms with E-state index in [9.17, 15) is 18.0 Å². The van der Waals surface area contributed by atoms with E-state index in [0.717, 1.165) is 0 Å². The first kappa shape index (κ1) is 27.3. The summed E-state index contributed by atoms with van der Waals surface area (Å²) in [6.07, 6.45) is 0. The van der Waals surface area contributed by atoms with Gasteiger partial charge >= 0.3 is 6.61 Å². The fraction of sp³-hybridized carbons (Fsp3) is 0.600. The highest BCUT2D eigenvalue weighted by atomic mass is 127. The SMILES string of the molecule is CCNC(=NCc1c(F)cccc1OC(F)F)N1CCN(CC(=O)NC(C)C)CC1.I. The molecule has 0 unspecified atom stereocenters. The molecule has 1 aromatic carbocycles. The molecule has 1 amide bonds. The lowest BCUT2D eigenvalue weighted by molar-refractivity contribution is -0.123. The third-order valence-corrected chi connectivity index (χ3v) is 4.50. The maximum atomic E-state index is 14.2. The quantitative estimate of drug-likeness (QED) is 0.293. The van der Waals surface area contributed by atoms with Crippen LogP contribution in [0.2, 0.25) is 0 Å². The summed E-state index contributed by atoms with van der Waals surface area (Å²) in [6.45, 7) is 6.15. The number of benzene rings is 1. The van der Waals surface area contributed by atoms with Gasteiger partial charge in [-0.2, -0.15) is 8.78 Å². The van der Waals surface area contributed by atoms with Gasteiger partial charge in [-0.3, -0.25) is 9.69 Å². The van der Waals surface area contributed by atoms with Crippen molar-refractivity contribution in [3.63, 3.8) is 0 Å². The van der Waals surface area contributed by atoms with E-state index >= 15 is 0 Å². The van der Waals surface area contributed by atoms with Crippen molar-refractivity contribution in [1.29, 1.82) is 0 Å². The van der Waals surface area contributed by atoms with E-state index in [1.807, 2.05) is 25.7 Å². The van der Waals surface area contributed by atoms with Crippen molar-refractivity contribution in [2.24, 2.45) is 4.99 Å². The first-order valence-corrected chi connectivity index (χ1v) is 10.1. The van der Waals surface area contributed by atoms with Crippen molar-refractivity contribution in [3.05, 3.63) is 29.6 Å². The van der Waals surface area contributed by atoms with Crippen LogP contribution >= 0.6 is 24.0 Å². The van der Waals surface area contributed by atoms with Crippen LogP contribution in [0.5, 0.6) is 5.75 Å². The molecule has 0 aliphatic carbocycles. The predicted molar refractivity (Wildman–Crippen MR) is 125 cm³/mol. The third-order valence-electron chi connectivity index (χ3n) is 4.50. The summed E-state index contributed by atoms with van der Waals surface area (Å²) in [5, 5.41) is 6.03. The summed E-state index contributed by atoms with van der Waals surface area (Å²) in [6, 6.07) is 3.91. The van der Waals surface area contributed by atoms with Gasteiger partial charge in [0.1, 0.15) is 11.6 Å². The number of halogens is 4. The first-order chi connectivity index (χ1) is 14.3. The monoisotopic (exact) mass is 557 g/mol. The second-order valence-electron chi connectivity index (χ2n) is 7.25. The Labute approximate surface area is 198 Å². The lowest BCUT2D eigenvalue weighted by Crippen LogP contribution is -2.54. The number of alkyl halides is 2. The molecule has 31 heavy (non-hydrogen) atoms. The molecule has 1 aliphatic heterocycles. The summed E-state index contributed by atoms with van der Waals surface area (Å²) >= 11 is 0. The normalized spacial score (nSPS) is 15.1. The van der Waals surface area contributed by atoms with Gasteiger partial charge in [0.05, 0.1) is 18.7 Å². The molecule has 0 aromatic heterocycles. The lowest BCUT2D eigenvalue weighted by atomic mass is 10.2. The minimum absolute atomic E-state index is 0. The van der Waals surface area contributed by atoms with Gasteiger partial charge in [0.25, 0.3) is 0 Å². The highest BCUT2D eigenvalue weighted by Crippen LogP contribution is 2.24. The van der Waals surface area contributed by atoms with Gasteiger partial charge < -0.3 is 20.3 Å². The average molecular weight is 557 g/mol. The van der Waals surface area contributed by atoms with E-state index < -0.39 is 12.4 Å². The molecule has 2 rings (SSSR count). The number of nitrogens with one attached hydrogen (secondary N) is 2. The summed E-state index contributed by atoms with van der Waals surface area (Å²) in [4.78, 5) is 20.4. The average Bonchev–Trinajstić information content (AvgIpc) is 2.66. The molecular formula is C20H31F3IN5O2. The van der Waals surface area contributed by atoms with Gasteiger partial charge in [-0.1, -0.05) is 6.07 Å². The van der Waals surface area contributed by atoms with Crippen molar-refractivity contribution in [1.82, 2.24) is 20.4 Å². The lowest BCUT2D eigenvalue weighted by Gasteiger charge is -2.36. The fourth-order valence-electron chi connectivity index (χ4n) is 3.17. The molecule has 0 atom stereocenters. The standard InChI is InChI=1S/C20H30F3N5O2.HI/c1-4-24-20(25-12-15-16(21)6-5-7-17(15)30-19(22)23)28-10-8-27(9-11-28)13-18(29)26-14(2)3;/h5-7,14,19H,4,8-13H2,1-3H3,(H,24,25)(H,26,29);1H. The summed E-state index contributed by atoms with van der Waals surface area (Å²) < 4.78 is 43.8. The van der Waals surface area contributed by atoms with Crippen LogP contribution < -0.4 is 15.4 Å². The number of carbonyl (C=O) groups excluding carboxylic acids is 1. The van der Waals surface area contributed by atoms with Gasteiger partial charge in [0.15, 0.2) is 5.96 Å². The topological polar surface area (TPSA) is 69.2 Å². The Balaban J connectivity index is 0.00000480. The molecule has 0 spiro atoms. The maximum absolute atomic E-state index is 14.2. The Hall–Kier alpha value is -1.76. The van der Waals surface area contributed by atoms with Gasteiger partial charge in [-0.25, -0.2) is 9.38 Å². The molecule has 7 nitrogen and oxygen atoms in total. The molecule has 0 saturated carbocycles. The number of nitrogens with zero attached hydrogens (tertiary/aromatic N) is 3. The van der Waals surface area contributed by atoms with Crippen LogP contribution in [0.25, 0.3) is 0 Å². The van der Waals surface area contributed by atoms with Crippen LogP contribution in [-0.4, -0.2) is 73.6 Å². The van der Waals surface area contributed by atoms with E-state index in [4.69, 9.17) is 0 Å². The highest BCUT2D eigenvalue weighted by molar-refractivity contribution is 14.0. The van der Waals surface area contributed by atoms with Crippen molar-refractivity contribution in [2.45, 2.75) is 40.0 Å². The van der Waals surface area contributed by atoms with Crippen LogP contribution in [0.1, 0.15) is 26.3 Å². The predicted octanol–water partition coefficient (Wildman–Crippen LogP) is 2.65. The van der Waals surface area contributed by atoms with Crippen LogP contribution in [0.4, 0.5) is 13.2 Å². The van der Waals surface area contributed by atoms with Crippen molar-refractivity contribution in [2.75, 3.05) is 39.3 Å². The molecule has 0 radical (unpaired) electrons. The summed E-state index contributed by atoms with van der Waals surface area (Å²) in [5.74, 6) is -0.306. The van der Waals surface area contributed by atoms with E-state index in [1.54, 1.807) is 0 Å². The van der Waals surface area contributed by atoms with E-state index in [2.05, 4.69) is 25.3 Å². The molecule has 1 heterocycles. The van der Waals surface area contributed by atoms with Gasteiger partial charge in [0, 0.05) is 38.8 Å². The van der Waals surface area contributed by atoms with Crippen LogP contribution in [0, 0.1) is 5.82 Å². The van der Waals surface area contributed by atoms with Gasteiger partial charge in [-0.05, 0) is 32.9 Å². The Bertz CT molecular complexity index is 729. The van der Waals surface area contributed by atoms with Gasteiger partial charge in [-0.15, -0.1) is 24.0 Å². The molecular weight excluding hydrogens is 526 g/mol. The Morgan fingerprint density at radius 3 is 2.48 bits per heavy atom. The Kier molecular flexibility index (Phi) is 12.0. The second-order valence-corrected chi connectivity index (χ2v) is 7.25. The number of ether oxygens (including phenoxy) is 1. The minimum atomic E-state index is -3.04. The smallest absolute Gasteiger partial charge is 0.387 e. The number of hydrogen-bond donors (Lipinski definition) is 2. The molecule has 176 valence electrons. The largest absolute Gasteiger partial charge is 0.434 e. The minimum Gasteiger partial charge on any atom is -0.434 e. The maximum Gasteiger partial charge on any atom is 0.387 e. The van der Waals surface area contributed by atoms with E-state index in [-0.39, 0.29) is 53.8 Å². The Morgan fingerprint density at radius 1 is 1.23 bits per heavy atom. The second kappa shape index (κ2) is 13.6. The number of aliphatic imine (C=N–C) groups is 1. The molecule has 11 heteroatoms. The Morgan fingerprint density at radius 2 is 1.90 bits per heavy atom. The summed E-state index contributed by atoms with van der Waals surface area (Å²) in [7, 11) is 0. The fourth-order valence-corrected chi connectivity index (χ4v) is 3.17. The van der Waals surface area contributed by atoms with Gasteiger partial charge in [0.2, 0.25) is 5.91 Å². The first-order valence-electron chi connectivity index (χ1n) is 10.1. The van der Waals surface area contributed by atoms with Crippen LogP contribution in [0.15, 0.2) is 23.2 Å². The molecule has 1 aromatic rings. The zero-order chi connectivity index (χ0) is 22.1. The third kappa shape index (κ3) is 9.09. The molecule has 0 bridgehead atoms. The number of rotatable bonds is 8.